The van der Waals surface area contributed by atoms with Crippen molar-refractivity contribution in [3.05, 3.63) is 34.9 Å². The van der Waals surface area contributed by atoms with Crippen molar-refractivity contribution in [1.82, 2.24) is 20.4 Å². The molecule has 0 aromatic heterocycles. The van der Waals surface area contributed by atoms with Gasteiger partial charge in [-0.25, -0.2) is 0 Å². The van der Waals surface area contributed by atoms with Crippen molar-refractivity contribution < 1.29 is 14.4 Å². The van der Waals surface area contributed by atoms with Gasteiger partial charge in [-0.3, -0.25) is 24.6 Å². The normalized spacial score (nSPS) is 30.6. The average molecular weight is 368 g/mol. The Morgan fingerprint density at radius 2 is 1.81 bits per heavy atom. The second-order valence-corrected chi connectivity index (χ2v) is 8.06. The third-order valence-electron chi connectivity index (χ3n) is 6.56. The van der Waals surface area contributed by atoms with Crippen LogP contribution in [0.5, 0.6) is 0 Å². The van der Waals surface area contributed by atoms with Crippen molar-refractivity contribution >= 4 is 17.7 Å². The molecule has 3 amide bonds. The number of nitrogens with zero attached hydrogens (tertiary/aromatic N) is 2. The average Bonchev–Trinajstić information content (AvgIpc) is 3.08. The number of carbonyl (C=O) groups excluding carboxylic acids is 3. The lowest BCUT2D eigenvalue weighted by molar-refractivity contribution is -0.136. The minimum Gasteiger partial charge on any atom is -0.322 e. The van der Waals surface area contributed by atoms with Gasteiger partial charge >= 0.3 is 0 Å². The van der Waals surface area contributed by atoms with Crippen LogP contribution in [0.1, 0.15) is 47.2 Å². The van der Waals surface area contributed by atoms with Crippen LogP contribution in [0.4, 0.5) is 0 Å². The van der Waals surface area contributed by atoms with Crippen molar-refractivity contribution in [3.63, 3.8) is 0 Å². The molecule has 142 valence electrons. The second-order valence-electron chi connectivity index (χ2n) is 8.06. The molecule has 2 bridgehead atoms. The Bertz CT molecular complexity index is 807. The van der Waals surface area contributed by atoms with E-state index in [-0.39, 0.29) is 24.1 Å². The summed E-state index contributed by atoms with van der Waals surface area (Å²) in [5, 5.41) is 5.87. The van der Waals surface area contributed by atoms with Gasteiger partial charge in [-0.15, -0.1) is 0 Å². The third-order valence-corrected chi connectivity index (χ3v) is 6.56. The summed E-state index contributed by atoms with van der Waals surface area (Å²) >= 11 is 0. The Balaban J connectivity index is 1.39. The van der Waals surface area contributed by atoms with Crippen molar-refractivity contribution in [2.75, 3.05) is 13.1 Å². The highest BCUT2D eigenvalue weighted by molar-refractivity contribution is 6.05. The number of rotatable bonds is 3. The first-order valence-electron chi connectivity index (χ1n) is 9.83. The lowest BCUT2D eigenvalue weighted by Crippen LogP contribution is -2.52. The molecule has 27 heavy (non-hydrogen) atoms. The zero-order valence-electron chi connectivity index (χ0n) is 15.2. The van der Waals surface area contributed by atoms with Gasteiger partial charge in [0.2, 0.25) is 11.8 Å². The fourth-order valence-electron chi connectivity index (χ4n) is 5.12. The van der Waals surface area contributed by atoms with Crippen LogP contribution in [-0.4, -0.2) is 58.7 Å². The maximum Gasteiger partial charge on any atom is 0.255 e. The standard InChI is InChI=1S/C20H24N4O3/c25-18-7-6-17(19(26)22-18)24-11-16-12(2-1-3-15(16)20(24)27)10-23-13-4-5-14(23)9-21-8-13/h1-3,13-14,17,21H,4-11H2,(H,22,25,26). The minimum atomic E-state index is -0.550. The Morgan fingerprint density at radius 1 is 1.04 bits per heavy atom. The predicted molar refractivity (Wildman–Crippen MR) is 97.7 cm³/mol. The summed E-state index contributed by atoms with van der Waals surface area (Å²) in [7, 11) is 0. The lowest BCUT2D eigenvalue weighted by Gasteiger charge is -2.35. The number of amides is 3. The number of hydrogen-bond acceptors (Lipinski definition) is 5. The number of nitrogens with one attached hydrogen (secondary N) is 2. The first-order chi connectivity index (χ1) is 13.1. The van der Waals surface area contributed by atoms with Gasteiger partial charge in [-0.05, 0) is 36.5 Å². The molecule has 0 aliphatic carbocycles. The van der Waals surface area contributed by atoms with Crippen molar-refractivity contribution in [1.29, 1.82) is 0 Å². The molecule has 4 heterocycles. The Morgan fingerprint density at radius 3 is 2.56 bits per heavy atom. The highest BCUT2D eigenvalue weighted by Crippen LogP contribution is 2.33. The minimum absolute atomic E-state index is 0.0929. The van der Waals surface area contributed by atoms with E-state index in [1.807, 2.05) is 12.1 Å². The fourth-order valence-corrected chi connectivity index (χ4v) is 5.12. The van der Waals surface area contributed by atoms with E-state index in [9.17, 15) is 14.4 Å². The summed E-state index contributed by atoms with van der Waals surface area (Å²) in [5.41, 5.74) is 2.94. The Kier molecular flexibility index (Phi) is 4.02. The topological polar surface area (TPSA) is 81.8 Å². The number of benzene rings is 1. The summed E-state index contributed by atoms with van der Waals surface area (Å²) < 4.78 is 0. The maximum atomic E-state index is 12.9. The molecule has 2 N–H and O–H groups in total. The van der Waals surface area contributed by atoms with Gasteiger partial charge in [-0.1, -0.05) is 12.1 Å². The molecule has 1 aromatic rings. The molecule has 3 unspecified atom stereocenters. The number of piperazine rings is 1. The van der Waals surface area contributed by atoms with E-state index in [1.165, 1.54) is 18.4 Å². The quantitative estimate of drug-likeness (QED) is 0.754. The zero-order valence-corrected chi connectivity index (χ0v) is 15.2. The number of fused-ring (bicyclic) bond motifs is 3. The lowest BCUT2D eigenvalue weighted by atomic mass is 10.0. The molecule has 5 rings (SSSR count). The number of carbonyl (C=O) groups is 3. The van der Waals surface area contributed by atoms with Gasteiger partial charge < -0.3 is 10.2 Å². The Labute approximate surface area is 158 Å². The van der Waals surface area contributed by atoms with E-state index in [0.717, 1.165) is 25.2 Å². The van der Waals surface area contributed by atoms with Gasteiger partial charge in [0, 0.05) is 50.2 Å². The van der Waals surface area contributed by atoms with E-state index in [1.54, 1.807) is 4.90 Å². The van der Waals surface area contributed by atoms with Crippen LogP contribution >= 0.6 is 0 Å². The van der Waals surface area contributed by atoms with Crippen LogP contribution in [0.2, 0.25) is 0 Å². The van der Waals surface area contributed by atoms with E-state index >= 15 is 0 Å². The van der Waals surface area contributed by atoms with Crippen LogP contribution in [0.3, 0.4) is 0 Å². The Hall–Kier alpha value is -2.25. The summed E-state index contributed by atoms with van der Waals surface area (Å²) in [6, 6.07) is 6.52. The van der Waals surface area contributed by atoms with Gasteiger partial charge in [0.05, 0.1) is 0 Å². The van der Waals surface area contributed by atoms with Crippen LogP contribution in [0.25, 0.3) is 0 Å². The summed E-state index contributed by atoms with van der Waals surface area (Å²) in [6.07, 6.45) is 3.15. The van der Waals surface area contributed by atoms with E-state index in [4.69, 9.17) is 0 Å². The van der Waals surface area contributed by atoms with Gasteiger partial charge in [0.1, 0.15) is 6.04 Å². The molecule has 7 nitrogen and oxygen atoms in total. The molecule has 4 aliphatic heterocycles. The summed E-state index contributed by atoms with van der Waals surface area (Å²) in [5.74, 6) is -0.700. The molecule has 1 aromatic carbocycles. The van der Waals surface area contributed by atoms with Crippen LogP contribution in [0.15, 0.2) is 18.2 Å². The van der Waals surface area contributed by atoms with Gasteiger partial charge in [0.25, 0.3) is 5.91 Å². The molecule has 4 aliphatic rings. The summed E-state index contributed by atoms with van der Waals surface area (Å²) in [4.78, 5) is 40.8. The molecular formula is C20H24N4O3. The largest absolute Gasteiger partial charge is 0.322 e. The fraction of sp³-hybridized carbons (Fsp3) is 0.550. The van der Waals surface area contributed by atoms with Gasteiger partial charge in [0.15, 0.2) is 0 Å². The number of imide groups is 1. The number of hydrogen-bond donors (Lipinski definition) is 2. The predicted octanol–water partition coefficient (Wildman–Crippen LogP) is 0.384. The SMILES string of the molecule is O=C1CCC(N2Cc3c(CN4C5CCC4CNC5)cccc3C2=O)C(=O)N1. The summed E-state index contributed by atoms with van der Waals surface area (Å²) in [6.45, 7) is 3.38. The second kappa shape index (κ2) is 6.42. The molecule has 3 atom stereocenters. The highest BCUT2D eigenvalue weighted by Gasteiger charge is 2.41. The monoisotopic (exact) mass is 368 g/mol. The van der Waals surface area contributed by atoms with Gasteiger partial charge in [-0.2, -0.15) is 0 Å². The van der Waals surface area contributed by atoms with Crippen LogP contribution < -0.4 is 10.6 Å². The van der Waals surface area contributed by atoms with Crippen LogP contribution in [0, 0.1) is 0 Å². The molecule has 7 heteroatoms. The third kappa shape index (κ3) is 2.76. The van der Waals surface area contributed by atoms with E-state index in [0.29, 0.717) is 30.6 Å². The first-order valence-corrected chi connectivity index (χ1v) is 9.83. The highest BCUT2D eigenvalue weighted by atomic mass is 16.2. The molecule has 3 saturated heterocycles. The van der Waals surface area contributed by atoms with Crippen molar-refractivity contribution in [2.45, 2.75) is 56.9 Å². The molecule has 0 spiro atoms. The maximum absolute atomic E-state index is 12.9. The first kappa shape index (κ1) is 16.9. The molecule has 0 saturated carbocycles. The van der Waals surface area contributed by atoms with E-state index < -0.39 is 6.04 Å². The van der Waals surface area contributed by atoms with E-state index in [2.05, 4.69) is 21.6 Å². The van der Waals surface area contributed by atoms with Crippen molar-refractivity contribution in [2.24, 2.45) is 0 Å². The number of piperidine rings is 1. The van der Waals surface area contributed by atoms with Crippen molar-refractivity contribution in [3.8, 4) is 0 Å². The van der Waals surface area contributed by atoms with Crippen LogP contribution in [-0.2, 0) is 22.7 Å². The molecule has 0 radical (unpaired) electrons. The zero-order chi connectivity index (χ0) is 18.5. The molecule has 3 fully saturated rings. The molecular weight excluding hydrogens is 344 g/mol. The smallest absolute Gasteiger partial charge is 0.255 e.